The zero-order chi connectivity index (χ0) is 17.4. The molecule has 1 unspecified atom stereocenters. The number of carbonyl (C=O) groups is 2. The van der Waals surface area contributed by atoms with Crippen molar-refractivity contribution in [3.63, 3.8) is 0 Å². The zero-order valence-electron chi connectivity index (χ0n) is 13.6. The van der Waals surface area contributed by atoms with E-state index in [0.29, 0.717) is 37.4 Å². The van der Waals surface area contributed by atoms with Gasteiger partial charge in [-0.05, 0) is 37.1 Å². The Balaban J connectivity index is 1.92. The molecule has 1 heterocycles. The van der Waals surface area contributed by atoms with Crippen LogP contribution in [0.4, 0.5) is 0 Å². The molecule has 6 heteroatoms. The van der Waals surface area contributed by atoms with Gasteiger partial charge in [0.05, 0.1) is 13.2 Å². The topological polar surface area (TPSA) is 84.9 Å². The maximum atomic E-state index is 12.2. The number of allylic oxidation sites excluding steroid dienone is 1. The van der Waals surface area contributed by atoms with Gasteiger partial charge in [-0.3, -0.25) is 4.79 Å². The second-order valence-electron chi connectivity index (χ2n) is 5.68. The SMILES string of the molecule is C=CCCC(NC(=O)c1ccc(OC2CCOCC2)cc1)C(=O)O. The number of carbonyl (C=O) groups excluding carboxylic acids is 1. The number of ether oxygens (including phenoxy) is 2. The van der Waals surface area contributed by atoms with Crippen LogP contribution in [0.3, 0.4) is 0 Å². The lowest BCUT2D eigenvalue weighted by Gasteiger charge is -2.23. The van der Waals surface area contributed by atoms with E-state index in [9.17, 15) is 9.59 Å². The second-order valence-corrected chi connectivity index (χ2v) is 5.68. The highest BCUT2D eigenvalue weighted by Gasteiger charge is 2.20. The van der Waals surface area contributed by atoms with Crippen molar-refractivity contribution in [1.82, 2.24) is 5.32 Å². The monoisotopic (exact) mass is 333 g/mol. The molecule has 1 aliphatic rings. The van der Waals surface area contributed by atoms with Crippen molar-refractivity contribution in [3.05, 3.63) is 42.5 Å². The molecule has 1 aliphatic heterocycles. The van der Waals surface area contributed by atoms with E-state index < -0.39 is 17.9 Å². The minimum Gasteiger partial charge on any atom is -0.490 e. The molecule has 0 aromatic heterocycles. The van der Waals surface area contributed by atoms with E-state index in [1.54, 1.807) is 30.3 Å². The molecule has 24 heavy (non-hydrogen) atoms. The maximum absolute atomic E-state index is 12.2. The Labute approximate surface area is 141 Å². The summed E-state index contributed by atoms with van der Waals surface area (Å²) >= 11 is 0. The third-order valence-electron chi connectivity index (χ3n) is 3.85. The third-order valence-corrected chi connectivity index (χ3v) is 3.85. The van der Waals surface area contributed by atoms with E-state index in [1.807, 2.05) is 0 Å². The second kappa shape index (κ2) is 9.08. The van der Waals surface area contributed by atoms with Gasteiger partial charge in [0.2, 0.25) is 0 Å². The molecule has 0 bridgehead atoms. The molecular formula is C18H23NO5. The van der Waals surface area contributed by atoms with Crippen LogP contribution in [0.2, 0.25) is 0 Å². The molecule has 0 spiro atoms. The highest BCUT2D eigenvalue weighted by molar-refractivity contribution is 5.96. The van der Waals surface area contributed by atoms with Crippen LogP contribution in [-0.2, 0) is 9.53 Å². The number of hydrogen-bond donors (Lipinski definition) is 2. The van der Waals surface area contributed by atoms with Crippen LogP contribution in [0.5, 0.6) is 5.75 Å². The predicted molar refractivity (Wildman–Crippen MR) is 89.2 cm³/mol. The fraction of sp³-hybridized carbons (Fsp3) is 0.444. The molecule has 130 valence electrons. The van der Waals surface area contributed by atoms with Crippen molar-refractivity contribution in [3.8, 4) is 5.75 Å². The van der Waals surface area contributed by atoms with Crippen LogP contribution >= 0.6 is 0 Å². The van der Waals surface area contributed by atoms with Gasteiger partial charge in [-0.1, -0.05) is 6.08 Å². The van der Waals surface area contributed by atoms with E-state index in [4.69, 9.17) is 14.6 Å². The number of benzene rings is 1. The molecule has 0 aliphatic carbocycles. The lowest BCUT2D eigenvalue weighted by atomic mass is 10.1. The summed E-state index contributed by atoms with van der Waals surface area (Å²) in [5.74, 6) is -0.770. The number of amides is 1. The molecule has 1 atom stereocenters. The highest BCUT2D eigenvalue weighted by atomic mass is 16.5. The van der Waals surface area contributed by atoms with Crippen molar-refractivity contribution in [2.45, 2.75) is 37.8 Å². The van der Waals surface area contributed by atoms with Crippen LogP contribution < -0.4 is 10.1 Å². The Hall–Kier alpha value is -2.34. The zero-order valence-corrected chi connectivity index (χ0v) is 13.6. The third kappa shape index (κ3) is 5.38. The minimum absolute atomic E-state index is 0.133. The minimum atomic E-state index is -1.05. The Morgan fingerprint density at radius 2 is 2.00 bits per heavy atom. The number of nitrogens with one attached hydrogen (secondary N) is 1. The number of hydrogen-bond acceptors (Lipinski definition) is 4. The van der Waals surface area contributed by atoms with E-state index >= 15 is 0 Å². The van der Waals surface area contributed by atoms with Gasteiger partial charge in [0.15, 0.2) is 0 Å². The first kappa shape index (κ1) is 18.0. The van der Waals surface area contributed by atoms with Gasteiger partial charge in [0, 0.05) is 18.4 Å². The summed E-state index contributed by atoms with van der Waals surface area (Å²) in [5, 5.41) is 11.7. The normalized spacial score (nSPS) is 16.2. The lowest BCUT2D eigenvalue weighted by molar-refractivity contribution is -0.139. The Kier molecular flexibility index (Phi) is 6.81. The number of carboxylic acid groups (broad SMARTS) is 1. The summed E-state index contributed by atoms with van der Waals surface area (Å²) in [6, 6.07) is 5.80. The molecule has 1 aromatic carbocycles. The molecular weight excluding hydrogens is 310 g/mol. The molecule has 1 saturated heterocycles. The molecule has 1 aromatic rings. The van der Waals surface area contributed by atoms with Gasteiger partial charge in [-0.25, -0.2) is 4.79 Å². The smallest absolute Gasteiger partial charge is 0.326 e. The lowest BCUT2D eigenvalue weighted by Crippen LogP contribution is -2.40. The van der Waals surface area contributed by atoms with Crippen LogP contribution in [0, 0.1) is 0 Å². The largest absolute Gasteiger partial charge is 0.490 e. The van der Waals surface area contributed by atoms with Crippen molar-refractivity contribution >= 4 is 11.9 Å². The van der Waals surface area contributed by atoms with Gasteiger partial charge in [0.25, 0.3) is 5.91 Å². The van der Waals surface area contributed by atoms with E-state index in [-0.39, 0.29) is 6.10 Å². The molecule has 6 nitrogen and oxygen atoms in total. The molecule has 1 fully saturated rings. The quantitative estimate of drug-likeness (QED) is 0.714. The van der Waals surface area contributed by atoms with Crippen molar-refractivity contribution < 1.29 is 24.2 Å². The summed E-state index contributed by atoms with van der Waals surface area (Å²) < 4.78 is 11.1. The van der Waals surface area contributed by atoms with Gasteiger partial charge >= 0.3 is 5.97 Å². The predicted octanol–water partition coefficient (Wildman–Crippen LogP) is 2.39. The average molecular weight is 333 g/mol. The Morgan fingerprint density at radius 3 is 2.58 bits per heavy atom. The Bertz CT molecular complexity index is 563. The van der Waals surface area contributed by atoms with Gasteiger partial charge in [-0.15, -0.1) is 6.58 Å². The van der Waals surface area contributed by atoms with Gasteiger partial charge in [-0.2, -0.15) is 0 Å². The van der Waals surface area contributed by atoms with Gasteiger partial charge in [0.1, 0.15) is 17.9 Å². The number of carboxylic acids is 1. The van der Waals surface area contributed by atoms with Crippen LogP contribution in [0.1, 0.15) is 36.0 Å². The van der Waals surface area contributed by atoms with Gasteiger partial charge < -0.3 is 19.9 Å². The van der Waals surface area contributed by atoms with E-state index in [2.05, 4.69) is 11.9 Å². The summed E-state index contributed by atoms with van der Waals surface area (Å²) in [6.07, 6.45) is 4.31. The molecule has 2 N–H and O–H groups in total. The standard InChI is InChI=1S/C18H23NO5/c1-2-3-4-16(18(21)22)19-17(20)13-5-7-14(8-6-13)24-15-9-11-23-12-10-15/h2,5-8,15-16H,1,3-4,9-12H2,(H,19,20)(H,21,22). The van der Waals surface area contributed by atoms with E-state index in [0.717, 1.165) is 12.8 Å². The number of rotatable bonds is 8. The number of aliphatic carboxylic acids is 1. The molecule has 1 amide bonds. The van der Waals surface area contributed by atoms with Crippen LogP contribution in [0.15, 0.2) is 36.9 Å². The average Bonchev–Trinajstić information content (AvgIpc) is 2.59. The van der Waals surface area contributed by atoms with Crippen molar-refractivity contribution in [2.24, 2.45) is 0 Å². The summed E-state index contributed by atoms with van der Waals surface area (Å²) in [5.41, 5.74) is 0.402. The molecule has 0 saturated carbocycles. The highest BCUT2D eigenvalue weighted by Crippen LogP contribution is 2.18. The molecule has 2 rings (SSSR count). The first-order chi connectivity index (χ1) is 11.6. The maximum Gasteiger partial charge on any atom is 0.326 e. The van der Waals surface area contributed by atoms with Crippen LogP contribution in [0.25, 0.3) is 0 Å². The summed E-state index contributed by atoms with van der Waals surface area (Å²) in [7, 11) is 0. The van der Waals surface area contributed by atoms with Crippen LogP contribution in [-0.4, -0.2) is 42.3 Å². The fourth-order valence-corrected chi connectivity index (χ4v) is 2.45. The van der Waals surface area contributed by atoms with E-state index in [1.165, 1.54) is 0 Å². The first-order valence-corrected chi connectivity index (χ1v) is 8.09. The summed E-state index contributed by atoms with van der Waals surface area (Å²) in [4.78, 5) is 23.3. The Morgan fingerprint density at radius 1 is 1.33 bits per heavy atom. The van der Waals surface area contributed by atoms with Crippen molar-refractivity contribution in [2.75, 3.05) is 13.2 Å². The molecule has 0 radical (unpaired) electrons. The van der Waals surface area contributed by atoms with Crippen molar-refractivity contribution in [1.29, 1.82) is 0 Å². The fourth-order valence-electron chi connectivity index (χ4n) is 2.45. The summed E-state index contributed by atoms with van der Waals surface area (Å²) in [6.45, 7) is 4.96. The first-order valence-electron chi connectivity index (χ1n) is 8.09.